The first-order valence-corrected chi connectivity index (χ1v) is 5.55. The van der Waals surface area contributed by atoms with E-state index in [0.29, 0.717) is 6.54 Å². The van der Waals surface area contributed by atoms with E-state index in [9.17, 15) is 0 Å². The second kappa shape index (κ2) is 4.54. The fourth-order valence-electron chi connectivity index (χ4n) is 1.19. The molecular formula is C10H15N3S. The zero-order valence-corrected chi connectivity index (χ0v) is 9.61. The summed E-state index contributed by atoms with van der Waals surface area (Å²) in [7, 11) is 0. The van der Waals surface area contributed by atoms with Crippen molar-refractivity contribution in [1.29, 1.82) is 5.26 Å². The molecule has 1 aromatic rings. The van der Waals surface area contributed by atoms with Crippen LogP contribution in [0.15, 0.2) is 5.38 Å². The number of nitriles is 1. The molecule has 0 aliphatic heterocycles. The molecule has 0 fully saturated rings. The van der Waals surface area contributed by atoms with Crippen molar-refractivity contribution in [3.63, 3.8) is 0 Å². The molecular weight excluding hydrogens is 194 g/mol. The van der Waals surface area contributed by atoms with E-state index in [2.05, 4.69) is 30.2 Å². The molecule has 1 N–H and O–H groups in total. The molecule has 1 aromatic heterocycles. The lowest BCUT2D eigenvalue weighted by Crippen LogP contribution is -2.39. The number of rotatable bonds is 4. The Morgan fingerprint density at radius 3 is 2.86 bits per heavy atom. The molecule has 76 valence electrons. The van der Waals surface area contributed by atoms with Gasteiger partial charge in [0.2, 0.25) is 0 Å². The molecule has 1 heterocycles. The first kappa shape index (κ1) is 11.2. The normalized spacial score (nSPS) is 14.7. The van der Waals surface area contributed by atoms with Crippen LogP contribution in [0.1, 0.15) is 31.0 Å². The van der Waals surface area contributed by atoms with Gasteiger partial charge in [-0.15, -0.1) is 11.3 Å². The van der Waals surface area contributed by atoms with E-state index in [4.69, 9.17) is 5.26 Å². The molecule has 1 rings (SSSR count). The highest BCUT2D eigenvalue weighted by Gasteiger charge is 2.26. The predicted molar refractivity (Wildman–Crippen MR) is 58.1 cm³/mol. The minimum absolute atomic E-state index is 0.158. The Bertz CT molecular complexity index is 339. The highest BCUT2D eigenvalue weighted by molar-refractivity contribution is 7.09. The predicted octanol–water partition coefficient (Wildman–Crippen LogP) is 2.19. The van der Waals surface area contributed by atoms with Gasteiger partial charge in [0.15, 0.2) is 0 Å². The SMILES string of the molecule is CC[C@@](C)(NCC#N)c1nc(C)cs1. The Balaban J connectivity index is 2.84. The second-order valence-electron chi connectivity index (χ2n) is 3.49. The van der Waals surface area contributed by atoms with Crippen molar-refractivity contribution in [2.75, 3.05) is 6.54 Å². The molecule has 0 radical (unpaired) electrons. The molecule has 3 nitrogen and oxygen atoms in total. The van der Waals surface area contributed by atoms with E-state index < -0.39 is 0 Å². The summed E-state index contributed by atoms with van der Waals surface area (Å²) in [5, 5.41) is 14.9. The highest BCUT2D eigenvalue weighted by Crippen LogP contribution is 2.27. The number of nitrogens with zero attached hydrogens (tertiary/aromatic N) is 2. The summed E-state index contributed by atoms with van der Waals surface area (Å²) in [6.07, 6.45) is 0.932. The fourth-order valence-corrected chi connectivity index (χ4v) is 2.20. The molecule has 0 spiro atoms. The van der Waals surface area contributed by atoms with Crippen molar-refractivity contribution in [2.24, 2.45) is 0 Å². The fraction of sp³-hybridized carbons (Fsp3) is 0.600. The van der Waals surface area contributed by atoms with Crippen molar-refractivity contribution in [3.05, 3.63) is 16.1 Å². The van der Waals surface area contributed by atoms with Crippen molar-refractivity contribution >= 4 is 11.3 Å². The number of hydrogen-bond donors (Lipinski definition) is 1. The summed E-state index contributed by atoms with van der Waals surface area (Å²) >= 11 is 1.65. The minimum Gasteiger partial charge on any atom is -0.293 e. The van der Waals surface area contributed by atoms with Crippen molar-refractivity contribution in [1.82, 2.24) is 10.3 Å². The molecule has 0 saturated carbocycles. The maximum Gasteiger partial charge on any atom is 0.113 e. The summed E-state index contributed by atoms with van der Waals surface area (Å²) in [5.74, 6) is 0. The van der Waals surface area contributed by atoms with Crippen LogP contribution in [0.4, 0.5) is 0 Å². The largest absolute Gasteiger partial charge is 0.293 e. The van der Waals surface area contributed by atoms with Crippen LogP contribution in [0.2, 0.25) is 0 Å². The number of thiazole rings is 1. The molecule has 0 amide bonds. The van der Waals surface area contributed by atoms with Gasteiger partial charge in [0.1, 0.15) is 5.01 Å². The Kier molecular flexibility index (Phi) is 3.62. The van der Waals surface area contributed by atoms with Crippen LogP contribution in [0, 0.1) is 18.3 Å². The summed E-state index contributed by atoms with van der Waals surface area (Å²) in [6, 6.07) is 2.10. The van der Waals surface area contributed by atoms with Crippen LogP contribution in [0.25, 0.3) is 0 Å². The van der Waals surface area contributed by atoms with Gasteiger partial charge in [-0.1, -0.05) is 6.92 Å². The summed E-state index contributed by atoms with van der Waals surface area (Å²) in [4.78, 5) is 4.45. The number of aryl methyl sites for hydroxylation is 1. The number of nitrogens with one attached hydrogen (secondary N) is 1. The molecule has 4 heteroatoms. The maximum absolute atomic E-state index is 8.55. The Morgan fingerprint density at radius 2 is 2.43 bits per heavy atom. The average Bonchev–Trinajstić information content (AvgIpc) is 2.62. The van der Waals surface area contributed by atoms with Crippen LogP contribution in [0.5, 0.6) is 0 Å². The monoisotopic (exact) mass is 209 g/mol. The van der Waals surface area contributed by atoms with Crippen LogP contribution >= 0.6 is 11.3 Å². The lowest BCUT2D eigenvalue weighted by molar-refractivity contribution is 0.370. The van der Waals surface area contributed by atoms with Gasteiger partial charge in [0.05, 0.1) is 18.2 Å². The molecule has 0 aliphatic rings. The van der Waals surface area contributed by atoms with Crippen LogP contribution in [-0.4, -0.2) is 11.5 Å². The Hall–Kier alpha value is -0.920. The zero-order chi connectivity index (χ0) is 10.6. The van der Waals surface area contributed by atoms with Gasteiger partial charge in [-0.3, -0.25) is 5.32 Å². The van der Waals surface area contributed by atoms with Crippen LogP contribution in [-0.2, 0) is 5.54 Å². The molecule has 1 atom stereocenters. The standard InChI is InChI=1S/C10H15N3S/c1-4-10(3,12-6-5-11)9-13-8(2)7-14-9/h7,12H,4,6H2,1-3H3/t10-/m1/s1. The van der Waals surface area contributed by atoms with E-state index in [1.54, 1.807) is 11.3 Å². The third-order valence-corrected chi connectivity index (χ3v) is 3.58. The van der Waals surface area contributed by atoms with E-state index >= 15 is 0 Å². The van der Waals surface area contributed by atoms with E-state index in [-0.39, 0.29) is 5.54 Å². The van der Waals surface area contributed by atoms with Crippen LogP contribution < -0.4 is 5.32 Å². The number of aromatic nitrogens is 1. The van der Waals surface area contributed by atoms with Crippen molar-refractivity contribution in [2.45, 2.75) is 32.7 Å². The second-order valence-corrected chi connectivity index (χ2v) is 4.35. The van der Waals surface area contributed by atoms with Gasteiger partial charge < -0.3 is 0 Å². The summed E-state index contributed by atoms with van der Waals surface area (Å²) < 4.78 is 0. The minimum atomic E-state index is -0.158. The summed E-state index contributed by atoms with van der Waals surface area (Å²) in [5.41, 5.74) is 0.887. The zero-order valence-electron chi connectivity index (χ0n) is 8.79. The Labute approximate surface area is 88.8 Å². The first-order valence-electron chi connectivity index (χ1n) is 4.67. The van der Waals surface area contributed by atoms with E-state index in [1.807, 2.05) is 12.3 Å². The average molecular weight is 209 g/mol. The first-order chi connectivity index (χ1) is 6.62. The third kappa shape index (κ3) is 2.31. The molecule has 0 aromatic carbocycles. The van der Waals surface area contributed by atoms with Gasteiger partial charge in [-0.2, -0.15) is 5.26 Å². The highest BCUT2D eigenvalue weighted by atomic mass is 32.1. The van der Waals surface area contributed by atoms with Gasteiger partial charge in [-0.05, 0) is 20.3 Å². The van der Waals surface area contributed by atoms with Crippen LogP contribution in [0.3, 0.4) is 0 Å². The topological polar surface area (TPSA) is 48.7 Å². The molecule has 0 saturated heterocycles. The van der Waals surface area contributed by atoms with Gasteiger partial charge in [0, 0.05) is 11.1 Å². The quantitative estimate of drug-likeness (QED) is 0.773. The summed E-state index contributed by atoms with van der Waals surface area (Å²) in [6.45, 7) is 6.53. The lowest BCUT2D eigenvalue weighted by Gasteiger charge is -2.25. The maximum atomic E-state index is 8.55. The van der Waals surface area contributed by atoms with Gasteiger partial charge in [0.25, 0.3) is 0 Å². The molecule has 0 aliphatic carbocycles. The van der Waals surface area contributed by atoms with E-state index in [0.717, 1.165) is 17.1 Å². The Morgan fingerprint density at radius 1 is 1.71 bits per heavy atom. The van der Waals surface area contributed by atoms with Gasteiger partial charge in [-0.25, -0.2) is 4.98 Å². The van der Waals surface area contributed by atoms with Crippen molar-refractivity contribution < 1.29 is 0 Å². The molecule has 14 heavy (non-hydrogen) atoms. The number of hydrogen-bond acceptors (Lipinski definition) is 4. The van der Waals surface area contributed by atoms with E-state index in [1.165, 1.54) is 0 Å². The molecule has 0 bridgehead atoms. The van der Waals surface area contributed by atoms with Gasteiger partial charge >= 0.3 is 0 Å². The third-order valence-electron chi connectivity index (χ3n) is 2.36. The molecule has 0 unspecified atom stereocenters. The lowest BCUT2D eigenvalue weighted by atomic mass is 10.00. The smallest absolute Gasteiger partial charge is 0.113 e. The van der Waals surface area contributed by atoms with Crippen molar-refractivity contribution in [3.8, 4) is 6.07 Å².